The van der Waals surface area contributed by atoms with Gasteiger partial charge < -0.3 is 46.1 Å². The van der Waals surface area contributed by atoms with E-state index in [-0.39, 0.29) is 130 Å². The molecule has 6 aromatic heterocycles. The predicted octanol–water partition coefficient (Wildman–Crippen LogP) is 11.6. The van der Waals surface area contributed by atoms with E-state index in [2.05, 4.69) is 77.1 Å². The Morgan fingerprint density at radius 1 is 0.421 bits per heavy atom. The number of aromatic nitrogens is 12. The van der Waals surface area contributed by atoms with E-state index < -0.39 is 70.1 Å². The normalized spacial score (nSPS) is 17.2. The number of anilines is 12. The van der Waals surface area contributed by atoms with E-state index >= 15 is 0 Å². The molecule has 6 aliphatic rings. The van der Waals surface area contributed by atoms with Gasteiger partial charge in [-0.15, -0.1) is 0 Å². The highest BCUT2D eigenvalue weighted by atomic mass is 35.5. The summed E-state index contributed by atoms with van der Waals surface area (Å²) < 4.78 is 176. The van der Waals surface area contributed by atoms with Crippen LogP contribution in [-0.4, -0.2) is 215 Å². The second-order valence-electron chi connectivity index (χ2n) is 32.1. The molecular formula is C76H98Cl3N21O15S6. The lowest BCUT2D eigenvalue weighted by atomic mass is 9.89. The Morgan fingerprint density at radius 3 is 1.10 bits per heavy atom. The summed E-state index contributed by atoms with van der Waals surface area (Å²) in [5, 5.41) is 30.1. The Balaban J connectivity index is 0.000000157. The van der Waals surface area contributed by atoms with Crippen molar-refractivity contribution < 1.29 is 64.7 Å². The minimum Gasteiger partial charge on any atom is -0.488 e. The van der Waals surface area contributed by atoms with Gasteiger partial charge in [0.15, 0.2) is 27.3 Å². The number of sulfonamides is 3. The van der Waals surface area contributed by atoms with Crippen molar-refractivity contribution in [2.24, 2.45) is 27.1 Å². The van der Waals surface area contributed by atoms with E-state index in [0.717, 1.165) is 72.8 Å². The molecule has 6 N–H and O–H groups in total. The zero-order valence-electron chi connectivity index (χ0n) is 69.0. The van der Waals surface area contributed by atoms with E-state index in [4.69, 9.17) is 49.0 Å². The minimum absolute atomic E-state index is 0.0464. The Bertz CT molecular complexity index is 6160. The van der Waals surface area contributed by atoms with Crippen LogP contribution in [-0.2, 0) is 80.7 Å². The van der Waals surface area contributed by atoms with Gasteiger partial charge >= 0.3 is 0 Å². The predicted molar refractivity (Wildman–Crippen MR) is 464 cm³/mol. The van der Waals surface area contributed by atoms with Gasteiger partial charge in [-0.2, -0.15) is 30.2 Å². The molecule has 36 nitrogen and oxygen atoms in total. The maximum absolute atomic E-state index is 13.0. The first kappa shape index (κ1) is 89.9. The first-order chi connectivity index (χ1) is 56.7. The molecule has 0 amide bonds. The zero-order chi connectivity index (χ0) is 87.5. The number of nitrogens with one attached hydrogen (secondary N) is 6. The van der Waals surface area contributed by atoms with Gasteiger partial charge in [0, 0.05) is 90.8 Å². The van der Waals surface area contributed by atoms with E-state index in [0.29, 0.717) is 73.6 Å². The van der Waals surface area contributed by atoms with Crippen LogP contribution in [0.15, 0.2) is 94.7 Å². The summed E-state index contributed by atoms with van der Waals surface area (Å²) in [4.78, 5) is 26.4. The number of nitrogens with zero attached hydrogens (tertiary/aromatic N) is 15. The maximum Gasteiger partial charge on any atom is 0.229 e. The van der Waals surface area contributed by atoms with Gasteiger partial charge in [0.1, 0.15) is 32.3 Å². The van der Waals surface area contributed by atoms with Crippen molar-refractivity contribution in [1.29, 1.82) is 0 Å². The van der Waals surface area contributed by atoms with Gasteiger partial charge in [-0.1, -0.05) is 54.7 Å². The first-order valence-corrected chi connectivity index (χ1v) is 50.4. The molecule has 0 spiro atoms. The van der Waals surface area contributed by atoms with Crippen molar-refractivity contribution >= 4 is 164 Å². The number of sulfone groups is 3. The zero-order valence-corrected chi connectivity index (χ0v) is 76.2. The summed E-state index contributed by atoms with van der Waals surface area (Å²) >= 11 is 19.1. The molecule has 121 heavy (non-hydrogen) atoms. The summed E-state index contributed by atoms with van der Waals surface area (Å²) in [6.07, 6.45) is 19.5. The fraction of sp³-hybridized carbons (Fsp3) is 0.487. The second-order valence-corrected chi connectivity index (χ2v) is 46.1. The number of rotatable bonds is 31. The monoisotopic (exact) mass is 1840 g/mol. The summed E-state index contributed by atoms with van der Waals surface area (Å²) in [6.45, 7) is 16.7. The number of ether oxygens (including phenoxy) is 3. The molecule has 0 radical (unpaired) electrons. The topological polar surface area (TPSA) is 445 Å². The third-order valence-electron chi connectivity index (χ3n) is 20.5. The van der Waals surface area contributed by atoms with Gasteiger partial charge in [0.05, 0.1) is 106 Å². The molecule has 3 aliphatic heterocycles. The average molecular weight is 1840 g/mol. The van der Waals surface area contributed by atoms with Crippen LogP contribution in [0.5, 0.6) is 17.2 Å². The third kappa shape index (κ3) is 21.9. The van der Waals surface area contributed by atoms with Gasteiger partial charge in [0.2, 0.25) is 82.7 Å². The standard InChI is InChI=1S/C26H34ClN7O5S2.2C25H32ClN7O5S2/c1-15(2)14-41(37,38)25-22(13-33(4)32-25)29-24-20(27)10-28-26(31-24)30-21-8-16(3)19(9-23(21)39-18-6-7-18)17-11-34(12-17)40(5,35)36;1-14(2)40(36,37)24-21(13-32(4)31-24)28-23-19(26)10-27-25(30-23)29-20-8-15(3)18(9-22(20)38-17-6-7-17)16-11-33(12-16)39(5,34)35;1-15(2)40(36,37)24-21(14-32(3)31-24)28-23-19(26)12-27-25(30-23)29-20-8-5-16(11-22(20)38-18-6-7-18)17-9-10-33(13-17)39(4,34)35/h8-10,13,15,17-18H,6-7,11-12,14H2,1-5H3,(H2,28,29,30,31);8-10,13-14,16-17H,6-7,11-12H2,1-5H3,(H2,27,28,29,30);5,8,11-12,14-15,17-18H,6-7,9-10,13H2,1-4H3,(H2,27,28,29,30). The van der Waals surface area contributed by atoms with Crippen LogP contribution in [0.4, 0.5) is 69.4 Å². The van der Waals surface area contributed by atoms with Crippen molar-refractivity contribution in [3.63, 3.8) is 0 Å². The molecule has 3 aromatic carbocycles. The fourth-order valence-electron chi connectivity index (χ4n) is 13.4. The molecule has 15 rings (SSSR count). The third-order valence-corrected chi connectivity index (χ3v) is 31.3. The molecule has 0 bridgehead atoms. The number of hydrogen-bond acceptors (Lipinski definition) is 30. The van der Waals surface area contributed by atoms with Crippen LogP contribution < -0.4 is 46.1 Å². The molecule has 9 heterocycles. The number of halogens is 3. The lowest BCUT2D eigenvalue weighted by molar-refractivity contribution is 0.263. The summed E-state index contributed by atoms with van der Waals surface area (Å²) in [5.41, 5.74) is 7.78. The number of aryl methyl sites for hydroxylation is 5. The average Bonchev–Trinajstić information content (AvgIpc) is 1.74. The highest BCUT2D eigenvalue weighted by molar-refractivity contribution is 7.92. The molecule has 9 aromatic rings. The molecule has 1 atom stereocenters. The lowest BCUT2D eigenvalue weighted by Gasteiger charge is -2.38. The molecule has 3 saturated carbocycles. The van der Waals surface area contributed by atoms with E-state index in [1.54, 1.807) is 67.4 Å². The SMILES string of the molecule is CC(C)S(=O)(=O)c1nn(C)cc1Nc1nc(Nc2ccc(C3CCN(S(C)(=O)=O)C3)cc2OC2CC2)ncc1Cl.Cc1cc(Nc2ncc(Cl)c(Nc3cn(C)nc3S(=O)(=O)C(C)C)n2)c(OC2CC2)cc1C1CN(S(C)(=O)=O)C1.Cc1cc(Nc2ncc(Cl)c(Nc3cn(C)nc3S(=O)(=O)CC(C)C)n2)c(OC2CC2)cc1C1CN(S(C)(=O)=O)C1. The Labute approximate surface area is 719 Å². The molecule has 45 heteroatoms. The van der Waals surface area contributed by atoms with Crippen molar-refractivity contribution in [2.45, 2.75) is 162 Å². The van der Waals surface area contributed by atoms with Gasteiger partial charge in [-0.3, -0.25) is 14.0 Å². The van der Waals surface area contributed by atoms with Crippen molar-refractivity contribution in [3.8, 4) is 17.2 Å². The molecule has 6 fully saturated rings. The minimum atomic E-state index is -3.66. The summed E-state index contributed by atoms with van der Waals surface area (Å²) in [5.74, 6) is 3.33. The van der Waals surface area contributed by atoms with Crippen molar-refractivity contribution in [1.82, 2.24) is 72.2 Å². The highest BCUT2D eigenvalue weighted by Gasteiger charge is 2.40. The smallest absolute Gasteiger partial charge is 0.229 e. The molecule has 3 aliphatic carbocycles. The van der Waals surface area contributed by atoms with Crippen LogP contribution in [0.3, 0.4) is 0 Å². The van der Waals surface area contributed by atoms with E-state index in [1.165, 1.54) is 64.3 Å². The van der Waals surface area contributed by atoms with Gasteiger partial charge in [-0.05, 0) is 163 Å². The summed E-state index contributed by atoms with van der Waals surface area (Å²) in [6, 6.07) is 13.6. The second kappa shape index (κ2) is 35.4. The first-order valence-electron chi connectivity index (χ1n) is 39.0. The number of benzene rings is 3. The Hall–Kier alpha value is -8.82. The molecule has 654 valence electrons. The van der Waals surface area contributed by atoms with E-state index in [9.17, 15) is 50.5 Å². The maximum atomic E-state index is 13.0. The van der Waals surface area contributed by atoms with Crippen LogP contribution in [0.1, 0.15) is 132 Å². The van der Waals surface area contributed by atoms with Crippen molar-refractivity contribution in [2.75, 3.05) is 95.7 Å². The van der Waals surface area contributed by atoms with Crippen LogP contribution in [0.2, 0.25) is 15.1 Å². The largest absolute Gasteiger partial charge is 0.488 e. The van der Waals surface area contributed by atoms with Crippen molar-refractivity contribution in [3.05, 3.63) is 123 Å². The molecule has 3 saturated heterocycles. The van der Waals surface area contributed by atoms with Gasteiger partial charge in [-0.25, -0.2) is 78.4 Å². The Morgan fingerprint density at radius 2 is 0.760 bits per heavy atom. The highest BCUT2D eigenvalue weighted by Crippen LogP contribution is 2.45. The van der Waals surface area contributed by atoms with Crippen LogP contribution in [0, 0.1) is 19.8 Å². The fourth-order valence-corrected chi connectivity index (χ4v) is 20.5. The van der Waals surface area contributed by atoms with Crippen LogP contribution in [0.25, 0.3) is 0 Å². The van der Waals surface area contributed by atoms with E-state index in [1.807, 2.05) is 70.2 Å². The molecular weight excluding hydrogens is 1750 g/mol. The van der Waals surface area contributed by atoms with Gasteiger partial charge in [0.25, 0.3) is 0 Å². The lowest BCUT2D eigenvalue weighted by Crippen LogP contribution is -2.48. The number of hydrogen-bond donors (Lipinski definition) is 6. The Kier molecular flexibility index (Phi) is 26.3. The van der Waals surface area contributed by atoms with Crippen LogP contribution >= 0.6 is 34.8 Å². The quantitative estimate of drug-likeness (QED) is 0.0235. The summed E-state index contributed by atoms with van der Waals surface area (Å²) in [7, 11) is -15.7. The molecule has 1 unspecified atom stereocenters.